The van der Waals surface area contributed by atoms with Gasteiger partial charge in [-0.2, -0.15) is 0 Å². The molecule has 0 fully saturated rings. The van der Waals surface area contributed by atoms with Crippen LogP contribution in [0.3, 0.4) is 0 Å². The van der Waals surface area contributed by atoms with Crippen molar-refractivity contribution in [1.29, 1.82) is 0 Å². The highest BCUT2D eigenvalue weighted by Crippen LogP contribution is 2.25. The van der Waals surface area contributed by atoms with E-state index in [1.54, 1.807) is 6.07 Å². The van der Waals surface area contributed by atoms with E-state index in [0.717, 1.165) is 0 Å². The molecule has 0 amide bonds. The second-order valence-corrected chi connectivity index (χ2v) is 3.48. The molecular weight excluding hydrogens is 231 g/mol. The van der Waals surface area contributed by atoms with Crippen LogP contribution in [-0.2, 0) is 0 Å². The van der Waals surface area contributed by atoms with Gasteiger partial charge in [0.1, 0.15) is 11.9 Å². The number of benzene rings is 1. The van der Waals surface area contributed by atoms with Gasteiger partial charge in [-0.15, -0.1) is 0 Å². The number of nitrogens with zero attached hydrogens (tertiary/aromatic N) is 1. The van der Waals surface area contributed by atoms with Gasteiger partial charge in [0, 0.05) is 29.6 Å². The van der Waals surface area contributed by atoms with Crippen LogP contribution in [-0.4, -0.2) is 10.1 Å². The minimum absolute atomic E-state index is 0.303. The molecule has 88 valence electrons. The number of aromatic nitrogens is 1. The lowest BCUT2D eigenvalue weighted by molar-refractivity contribution is 0.213. The van der Waals surface area contributed by atoms with Crippen LogP contribution >= 0.6 is 0 Å². The lowest BCUT2D eigenvalue weighted by Gasteiger charge is -2.12. The summed E-state index contributed by atoms with van der Waals surface area (Å²) in [6, 6.07) is 4.11. The van der Waals surface area contributed by atoms with E-state index in [9.17, 15) is 18.3 Å². The first kappa shape index (κ1) is 11.6. The molecule has 2 nitrogen and oxygen atoms in total. The Labute approximate surface area is 95.4 Å². The molecule has 1 N–H and O–H groups in total. The highest BCUT2D eigenvalue weighted by Gasteiger charge is 2.18. The van der Waals surface area contributed by atoms with Crippen molar-refractivity contribution < 1.29 is 18.3 Å². The second kappa shape index (κ2) is 4.55. The Hall–Kier alpha value is -1.88. The van der Waals surface area contributed by atoms with Crippen molar-refractivity contribution >= 4 is 0 Å². The van der Waals surface area contributed by atoms with Gasteiger partial charge in [-0.25, -0.2) is 13.2 Å². The highest BCUT2D eigenvalue weighted by atomic mass is 19.2. The molecule has 2 rings (SSSR count). The van der Waals surface area contributed by atoms with Crippen molar-refractivity contribution in [2.24, 2.45) is 0 Å². The fraction of sp³-hybridized carbons (Fsp3) is 0.0833. The van der Waals surface area contributed by atoms with Crippen LogP contribution in [0.5, 0.6) is 0 Å². The third-order valence-electron chi connectivity index (χ3n) is 2.33. The minimum atomic E-state index is -1.38. The molecule has 1 aromatic heterocycles. The molecule has 2 aromatic rings. The van der Waals surface area contributed by atoms with Crippen molar-refractivity contribution in [2.45, 2.75) is 6.10 Å². The van der Waals surface area contributed by atoms with Crippen LogP contribution in [0.25, 0.3) is 0 Å². The molecule has 1 unspecified atom stereocenters. The monoisotopic (exact) mass is 239 g/mol. The number of rotatable bonds is 2. The SMILES string of the molecule is OC(c1cccnc1)c1cc(F)c(F)cc1F. The molecule has 0 aliphatic carbocycles. The van der Waals surface area contributed by atoms with Gasteiger partial charge in [0.2, 0.25) is 0 Å². The Morgan fingerprint density at radius 3 is 2.41 bits per heavy atom. The molecule has 0 aliphatic heterocycles. The Bertz CT molecular complexity index is 531. The zero-order valence-electron chi connectivity index (χ0n) is 8.57. The van der Waals surface area contributed by atoms with Crippen LogP contribution in [0.2, 0.25) is 0 Å². The van der Waals surface area contributed by atoms with Gasteiger partial charge in [-0.1, -0.05) is 6.07 Å². The number of hydrogen-bond donors (Lipinski definition) is 1. The van der Waals surface area contributed by atoms with E-state index in [0.29, 0.717) is 17.7 Å². The average Bonchev–Trinajstić information content (AvgIpc) is 2.34. The summed E-state index contributed by atoms with van der Waals surface area (Å²) < 4.78 is 39.1. The average molecular weight is 239 g/mol. The van der Waals surface area contributed by atoms with E-state index in [2.05, 4.69) is 4.98 Å². The van der Waals surface area contributed by atoms with E-state index in [-0.39, 0.29) is 5.56 Å². The van der Waals surface area contributed by atoms with Crippen molar-refractivity contribution in [3.63, 3.8) is 0 Å². The fourth-order valence-electron chi connectivity index (χ4n) is 1.46. The van der Waals surface area contributed by atoms with E-state index < -0.39 is 23.6 Å². The Kier molecular flexibility index (Phi) is 3.10. The van der Waals surface area contributed by atoms with Gasteiger partial charge >= 0.3 is 0 Å². The van der Waals surface area contributed by atoms with Crippen molar-refractivity contribution in [1.82, 2.24) is 4.98 Å². The fourth-order valence-corrected chi connectivity index (χ4v) is 1.46. The normalized spacial score (nSPS) is 12.5. The first-order valence-electron chi connectivity index (χ1n) is 4.82. The summed E-state index contributed by atoms with van der Waals surface area (Å²) in [4.78, 5) is 3.75. The number of pyridine rings is 1. The number of aliphatic hydroxyl groups is 1. The maximum absolute atomic E-state index is 13.4. The predicted octanol–water partition coefficient (Wildman–Crippen LogP) is 2.58. The molecule has 1 heterocycles. The van der Waals surface area contributed by atoms with E-state index >= 15 is 0 Å². The van der Waals surface area contributed by atoms with Gasteiger partial charge < -0.3 is 5.11 Å². The molecular formula is C12H8F3NO. The van der Waals surface area contributed by atoms with Gasteiger partial charge in [0.05, 0.1) is 0 Å². The van der Waals surface area contributed by atoms with Crippen LogP contribution in [0.1, 0.15) is 17.2 Å². The lowest BCUT2D eigenvalue weighted by atomic mass is 10.0. The topological polar surface area (TPSA) is 33.1 Å². The zero-order chi connectivity index (χ0) is 12.4. The van der Waals surface area contributed by atoms with E-state index in [1.165, 1.54) is 18.5 Å². The van der Waals surface area contributed by atoms with Crippen molar-refractivity contribution in [3.8, 4) is 0 Å². The summed E-state index contributed by atoms with van der Waals surface area (Å²) in [5.74, 6) is -3.49. The number of aliphatic hydroxyl groups excluding tert-OH is 1. The largest absolute Gasteiger partial charge is 0.383 e. The Morgan fingerprint density at radius 1 is 1.06 bits per heavy atom. The zero-order valence-corrected chi connectivity index (χ0v) is 8.57. The summed E-state index contributed by atoms with van der Waals surface area (Å²) in [6.45, 7) is 0. The first-order valence-corrected chi connectivity index (χ1v) is 4.82. The maximum Gasteiger partial charge on any atom is 0.161 e. The van der Waals surface area contributed by atoms with Crippen LogP contribution in [0, 0.1) is 17.5 Å². The molecule has 1 aromatic carbocycles. The third kappa shape index (κ3) is 2.29. The summed E-state index contributed by atoms with van der Waals surface area (Å²) in [7, 11) is 0. The molecule has 5 heteroatoms. The van der Waals surface area contributed by atoms with E-state index in [4.69, 9.17) is 0 Å². The summed E-state index contributed by atoms with van der Waals surface area (Å²) >= 11 is 0. The van der Waals surface area contributed by atoms with E-state index in [1.807, 2.05) is 0 Å². The number of halogens is 3. The molecule has 0 aliphatic rings. The van der Waals surface area contributed by atoms with Crippen molar-refractivity contribution in [2.75, 3.05) is 0 Å². The molecule has 17 heavy (non-hydrogen) atoms. The Balaban J connectivity index is 2.44. The van der Waals surface area contributed by atoms with Gasteiger partial charge in [0.15, 0.2) is 11.6 Å². The lowest BCUT2D eigenvalue weighted by Crippen LogP contribution is -2.04. The Morgan fingerprint density at radius 2 is 1.76 bits per heavy atom. The maximum atomic E-state index is 13.4. The summed E-state index contributed by atoms with van der Waals surface area (Å²) in [5, 5.41) is 9.82. The van der Waals surface area contributed by atoms with Gasteiger partial charge in [-0.3, -0.25) is 4.98 Å². The van der Waals surface area contributed by atoms with Gasteiger partial charge in [-0.05, 0) is 12.1 Å². The third-order valence-corrected chi connectivity index (χ3v) is 2.33. The summed E-state index contributed by atoms with van der Waals surface area (Å²) in [5.41, 5.74) is -0.0192. The minimum Gasteiger partial charge on any atom is -0.383 e. The molecule has 1 atom stereocenters. The summed E-state index contributed by atoms with van der Waals surface area (Å²) in [6.07, 6.45) is 1.43. The van der Waals surface area contributed by atoms with Crippen LogP contribution < -0.4 is 0 Å². The standard InChI is InChI=1S/C12H8F3NO/c13-9-5-11(15)10(14)4-8(9)12(17)7-2-1-3-16-6-7/h1-6,12,17H. The molecule has 0 bridgehead atoms. The highest BCUT2D eigenvalue weighted by molar-refractivity contribution is 5.30. The predicted molar refractivity (Wildman–Crippen MR) is 54.6 cm³/mol. The van der Waals surface area contributed by atoms with Crippen LogP contribution in [0.4, 0.5) is 13.2 Å². The molecule has 0 radical (unpaired) electrons. The smallest absolute Gasteiger partial charge is 0.161 e. The van der Waals surface area contributed by atoms with Crippen LogP contribution in [0.15, 0.2) is 36.7 Å². The van der Waals surface area contributed by atoms with Crippen molar-refractivity contribution in [3.05, 3.63) is 65.2 Å². The first-order chi connectivity index (χ1) is 8.09. The van der Waals surface area contributed by atoms with Gasteiger partial charge in [0.25, 0.3) is 0 Å². The number of hydrogen-bond acceptors (Lipinski definition) is 2. The second-order valence-electron chi connectivity index (χ2n) is 3.48. The molecule has 0 saturated heterocycles. The quantitative estimate of drug-likeness (QED) is 0.817. The molecule has 0 saturated carbocycles. The molecule has 0 spiro atoms.